The Morgan fingerprint density at radius 3 is 2.13 bits per heavy atom. The van der Waals surface area contributed by atoms with E-state index in [0.717, 1.165) is 0 Å². The summed E-state index contributed by atoms with van der Waals surface area (Å²) < 4.78 is 23.7. The molecule has 1 aliphatic heterocycles. The van der Waals surface area contributed by atoms with Gasteiger partial charge in [0.1, 0.15) is 24.4 Å². The van der Waals surface area contributed by atoms with Gasteiger partial charge < -0.3 is 40.1 Å². The van der Waals surface area contributed by atoms with Gasteiger partial charge in [-0.1, -0.05) is 0 Å². The number of hydrogen-bond acceptors (Lipinski definition) is 8. The molecule has 10 nitrogen and oxygen atoms in total. The summed E-state index contributed by atoms with van der Waals surface area (Å²) in [6.45, 7) is -1.04. The number of aliphatic hydroxyl groups excluding tert-OH is 4. The lowest BCUT2D eigenvalue weighted by Gasteiger charge is -2.39. The molecule has 23 heavy (non-hydrogen) atoms. The Labute approximate surface area is 129 Å². The molecule has 1 fully saturated rings. The quantitative estimate of drug-likeness (QED) is 0.204. The lowest BCUT2D eigenvalue weighted by Crippen LogP contribution is -2.59. The van der Waals surface area contributed by atoms with E-state index >= 15 is 0 Å². The average Bonchev–Trinajstić information content (AvgIpc) is 2.50. The summed E-state index contributed by atoms with van der Waals surface area (Å²) in [6, 6.07) is 0. The first-order chi connectivity index (χ1) is 10.6. The van der Waals surface area contributed by atoms with Gasteiger partial charge in [-0.05, 0) is 6.42 Å². The number of hydrogen-bond donors (Lipinski definition) is 6. The number of carbonyl (C=O) groups is 2. The Morgan fingerprint density at radius 2 is 1.65 bits per heavy atom. The maximum Gasteiger partial charge on any atom is 0.353 e. The van der Waals surface area contributed by atoms with Crippen LogP contribution in [-0.2, 0) is 19.1 Å². The predicted molar refractivity (Wildman–Crippen MR) is 68.1 cm³/mol. The number of aliphatic carboxylic acids is 2. The Balaban J connectivity index is 2.52. The third-order valence-corrected chi connectivity index (χ3v) is 3.47. The Hall–Kier alpha value is -1.37. The minimum Gasteiger partial charge on any atom is -0.478 e. The zero-order valence-electron chi connectivity index (χ0n) is 11.9. The van der Waals surface area contributed by atoms with E-state index in [4.69, 9.17) is 24.8 Å². The Morgan fingerprint density at radius 1 is 1.09 bits per heavy atom. The summed E-state index contributed by atoms with van der Waals surface area (Å²) >= 11 is 0. The van der Waals surface area contributed by atoms with E-state index < -0.39 is 61.3 Å². The summed E-state index contributed by atoms with van der Waals surface area (Å²) in [4.78, 5) is 21.2. The molecule has 6 N–H and O–H groups in total. The summed E-state index contributed by atoms with van der Waals surface area (Å²) in [6.07, 6.45) is -8.71. The number of rotatable bonds is 8. The van der Waals surface area contributed by atoms with Crippen molar-refractivity contribution in [3.8, 4) is 0 Å². The molecule has 1 rings (SSSR count). The monoisotopic (exact) mass is 342 g/mol. The van der Waals surface area contributed by atoms with Gasteiger partial charge in [-0.3, -0.25) is 0 Å². The van der Waals surface area contributed by atoms with Crippen LogP contribution in [0.5, 0.6) is 0 Å². The van der Waals surface area contributed by atoms with Gasteiger partial charge in [0.2, 0.25) is 0 Å². The van der Waals surface area contributed by atoms with Gasteiger partial charge in [-0.25, -0.2) is 14.0 Å². The van der Waals surface area contributed by atoms with E-state index in [2.05, 4.69) is 0 Å². The van der Waals surface area contributed by atoms with E-state index in [9.17, 15) is 29.3 Å². The average molecular weight is 342 g/mol. The standard InChI is InChI=1S/C12H19FO10/c13-12(10(18)19,11(20)21)2-1-3-22-9-8(17)7(16)6(15)5(4-14)23-9/h5-9,14-17H,1-4H2,(H,18,19)(H,20,21)/t5-,6+,7+,8-,9?/m1/s1. The third-order valence-electron chi connectivity index (χ3n) is 3.47. The number of halogens is 1. The highest BCUT2D eigenvalue weighted by molar-refractivity contribution is 6.01. The maximum atomic E-state index is 13.7. The van der Waals surface area contributed by atoms with Crippen molar-refractivity contribution in [3.05, 3.63) is 0 Å². The van der Waals surface area contributed by atoms with Crippen LogP contribution in [0.3, 0.4) is 0 Å². The molecule has 0 radical (unpaired) electrons. The van der Waals surface area contributed by atoms with Gasteiger partial charge in [0.15, 0.2) is 6.29 Å². The summed E-state index contributed by atoms with van der Waals surface area (Å²) in [5.74, 6) is -4.28. The molecule has 1 aliphatic rings. The zero-order valence-corrected chi connectivity index (χ0v) is 11.9. The molecule has 0 aromatic heterocycles. The summed E-state index contributed by atoms with van der Waals surface area (Å²) in [5.41, 5.74) is -3.46. The topological polar surface area (TPSA) is 174 Å². The van der Waals surface area contributed by atoms with E-state index in [0.29, 0.717) is 0 Å². The SMILES string of the molecule is O=C(O)C(F)(CCCOC1O[C@H](CO)[C@H](O)[C@H](O)[C@H]1O)C(=O)O. The maximum absolute atomic E-state index is 13.7. The molecule has 0 saturated carbocycles. The van der Waals surface area contributed by atoms with Crippen molar-refractivity contribution >= 4 is 11.9 Å². The minimum atomic E-state index is -3.46. The minimum absolute atomic E-state index is 0.329. The smallest absolute Gasteiger partial charge is 0.353 e. The molecule has 0 aliphatic carbocycles. The third kappa shape index (κ3) is 4.34. The second-order valence-corrected chi connectivity index (χ2v) is 5.08. The molecule has 11 heteroatoms. The van der Waals surface area contributed by atoms with Gasteiger partial charge in [0, 0.05) is 6.42 Å². The number of carboxylic acids is 2. The molecule has 1 saturated heterocycles. The van der Waals surface area contributed by atoms with Crippen molar-refractivity contribution < 1.29 is 54.1 Å². The lowest BCUT2D eigenvalue weighted by molar-refractivity contribution is -0.301. The molecule has 0 aromatic rings. The second-order valence-electron chi connectivity index (χ2n) is 5.08. The zero-order chi connectivity index (χ0) is 17.8. The predicted octanol–water partition coefficient (Wildman–Crippen LogP) is -2.54. The summed E-state index contributed by atoms with van der Waals surface area (Å²) in [5, 5.41) is 54.8. The van der Waals surface area contributed by atoms with Crippen molar-refractivity contribution in [2.24, 2.45) is 0 Å². The first-order valence-electron chi connectivity index (χ1n) is 6.73. The van der Waals surface area contributed by atoms with Crippen LogP contribution in [-0.4, -0.2) is 92.2 Å². The van der Waals surface area contributed by atoms with Crippen LogP contribution in [0.15, 0.2) is 0 Å². The highest BCUT2D eigenvalue weighted by Gasteiger charge is 2.47. The fraction of sp³-hybridized carbons (Fsp3) is 0.833. The van der Waals surface area contributed by atoms with Crippen LogP contribution in [0.4, 0.5) is 4.39 Å². The first-order valence-corrected chi connectivity index (χ1v) is 6.73. The van der Waals surface area contributed by atoms with Gasteiger partial charge in [0.25, 0.3) is 0 Å². The normalized spacial score (nSPS) is 31.8. The van der Waals surface area contributed by atoms with E-state index in [-0.39, 0.29) is 13.0 Å². The molecule has 1 heterocycles. The highest BCUT2D eigenvalue weighted by atomic mass is 19.1. The molecular formula is C12H19FO10. The van der Waals surface area contributed by atoms with Crippen LogP contribution < -0.4 is 0 Å². The largest absolute Gasteiger partial charge is 0.478 e. The van der Waals surface area contributed by atoms with Gasteiger partial charge in [-0.15, -0.1) is 0 Å². The van der Waals surface area contributed by atoms with E-state index in [1.165, 1.54) is 0 Å². The molecule has 0 bridgehead atoms. The molecule has 0 amide bonds. The van der Waals surface area contributed by atoms with Crippen LogP contribution in [0.2, 0.25) is 0 Å². The molecule has 134 valence electrons. The van der Waals surface area contributed by atoms with Crippen molar-refractivity contribution in [2.45, 2.75) is 49.2 Å². The fourth-order valence-electron chi connectivity index (χ4n) is 2.03. The second kappa shape index (κ2) is 7.95. The summed E-state index contributed by atoms with van der Waals surface area (Å²) in [7, 11) is 0. The molecule has 0 spiro atoms. The molecule has 1 unspecified atom stereocenters. The van der Waals surface area contributed by atoms with Crippen molar-refractivity contribution in [3.63, 3.8) is 0 Å². The number of alkyl halides is 1. The van der Waals surface area contributed by atoms with Gasteiger partial charge >= 0.3 is 17.6 Å². The number of ether oxygens (including phenoxy) is 2. The number of aliphatic hydroxyl groups is 4. The van der Waals surface area contributed by atoms with E-state index in [1.807, 2.05) is 0 Å². The Kier molecular flexibility index (Phi) is 6.80. The van der Waals surface area contributed by atoms with Crippen LogP contribution in [0.25, 0.3) is 0 Å². The molecule has 5 atom stereocenters. The van der Waals surface area contributed by atoms with Crippen molar-refractivity contribution in [2.75, 3.05) is 13.2 Å². The van der Waals surface area contributed by atoms with Crippen molar-refractivity contribution in [1.82, 2.24) is 0 Å². The Bertz CT molecular complexity index is 414. The number of carboxylic acid groups (broad SMARTS) is 2. The van der Waals surface area contributed by atoms with Gasteiger partial charge in [-0.2, -0.15) is 0 Å². The van der Waals surface area contributed by atoms with Crippen LogP contribution >= 0.6 is 0 Å². The van der Waals surface area contributed by atoms with Crippen LogP contribution in [0, 0.1) is 0 Å². The highest BCUT2D eigenvalue weighted by Crippen LogP contribution is 2.23. The van der Waals surface area contributed by atoms with Gasteiger partial charge in [0.05, 0.1) is 13.2 Å². The van der Waals surface area contributed by atoms with Crippen molar-refractivity contribution in [1.29, 1.82) is 0 Å². The molecular weight excluding hydrogens is 323 g/mol. The fourth-order valence-corrected chi connectivity index (χ4v) is 2.03. The van der Waals surface area contributed by atoms with E-state index in [1.54, 1.807) is 0 Å². The molecule has 0 aromatic carbocycles. The first kappa shape index (κ1) is 19.7. The van der Waals surface area contributed by atoms with Crippen LogP contribution in [0.1, 0.15) is 12.8 Å². The lowest BCUT2D eigenvalue weighted by atomic mass is 9.99.